The molecule has 0 unspecified atom stereocenters. The second-order valence-corrected chi connectivity index (χ2v) is 7.00. The Labute approximate surface area is 179 Å². The van der Waals surface area contributed by atoms with E-state index in [4.69, 9.17) is 20.3 Å². The van der Waals surface area contributed by atoms with Gasteiger partial charge in [-0.2, -0.15) is 0 Å². The standard InChI is InChI=1S/C23H24FN5O2/c1-2-30-15-20-28-21-22(18-6-3-4-7-19(18)27-23(21)25)29(20)12-5-13-31-26-14-16-8-10-17(24)11-9-16/h3-4,6-11,14H,2,5,12-13,15H2,1H3,(H2,25,27)/b26-14+. The van der Waals surface area contributed by atoms with E-state index in [2.05, 4.69) is 14.7 Å². The van der Waals surface area contributed by atoms with Gasteiger partial charge >= 0.3 is 0 Å². The van der Waals surface area contributed by atoms with Gasteiger partial charge in [0.15, 0.2) is 5.82 Å². The van der Waals surface area contributed by atoms with Crippen molar-refractivity contribution in [3.63, 3.8) is 0 Å². The third-order valence-electron chi connectivity index (χ3n) is 4.89. The minimum Gasteiger partial charge on any atom is -0.396 e. The second-order valence-electron chi connectivity index (χ2n) is 7.00. The number of para-hydroxylation sites is 1. The Kier molecular flexibility index (Phi) is 6.37. The van der Waals surface area contributed by atoms with Crippen LogP contribution in [0.4, 0.5) is 10.2 Å². The van der Waals surface area contributed by atoms with E-state index in [9.17, 15) is 4.39 Å². The first-order chi connectivity index (χ1) is 15.2. The van der Waals surface area contributed by atoms with Gasteiger partial charge in [-0.1, -0.05) is 35.5 Å². The molecule has 7 nitrogen and oxygen atoms in total. The Hall–Kier alpha value is -3.52. The van der Waals surface area contributed by atoms with Crippen LogP contribution in [0.5, 0.6) is 0 Å². The van der Waals surface area contributed by atoms with Crippen molar-refractivity contribution < 1.29 is 14.0 Å². The number of nitrogen functional groups attached to an aromatic ring is 1. The van der Waals surface area contributed by atoms with E-state index in [-0.39, 0.29) is 5.82 Å². The topological polar surface area (TPSA) is 87.6 Å². The van der Waals surface area contributed by atoms with Crippen molar-refractivity contribution in [1.82, 2.24) is 14.5 Å². The van der Waals surface area contributed by atoms with Crippen LogP contribution < -0.4 is 5.73 Å². The molecule has 8 heteroatoms. The van der Waals surface area contributed by atoms with Crippen molar-refractivity contribution in [3.8, 4) is 0 Å². The number of ether oxygens (including phenoxy) is 1. The Morgan fingerprint density at radius 3 is 2.74 bits per heavy atom. The number of nitrogens with zero attached hydrogens (tertiary/aromatic N) is 4. The lowest BCUT2D eigenvalue weighted by atomic mass is 10.2. The average Bonchev–Trinajstić information content (AvgIpc) is 3.15. The molecule has 2 aromatic heterocycles. The van der Waals surface area contributed by atoms with Gasteiger partial charge in [0, 0.05) is 25.0 Å². The fraction of sp³-hybridized carbons (Fsp3) is 0.261. The predicted octanol–water partition coefficient (Wildman–Crippen LogP) is 4.28. The summed E-state index contributed by atoms with van der Waals surface area (Å²) in [7, 11) is 0. The molecule has 2 N–H and O–H groups in total. The van der Waals surface area contributed by atoms with Gasteiger partial charge in [0.05, 0.1) is 17.2 Å². The van der Waals surface area contributed by atoms with Crippen LogP contribution in [-0.4, -0.2) is 34.0 Å². The molecule has 4 rings (SSSR count). The monoisotopic (exact) mass is 421 g/mol. The highest BCUT2D eigenvalue weighted by atomic mass is 19.1. The first-order valence-electron chi connectivity index (χ1n) is 10.2. The summed E-state index contributed by atoms with van der Waals surface area (Å²) >= 11 is 0. The molecule has 0 atom stereocenters. The highest BCUT2D eigenvalue weighted by Gasteiger charge is 2.17. The SMILES string of the molecule is CCOCc1nc2c(N)nc3ccccc3c2n1CCCO/N=C/c1ccc(F)cc1. The summed E-state index contributed by atoms with van der Waals surface area (Å²) in [6, 6.07) is 13.9. The number of aromatic nitrogens is 3. The summed E-state index contributed by atoms with van der Waals surface area (Å²) < 4.78 is 20.7. The van der Waals surface area contributed by atoms with E-state index < -0.39 is 0 Å². The van der Waals surface area contributed by atoms with Crippen molar-refractivity contribution in [1.29, 1.82) is 0 Å². The normalized spacial score (nSPS) is 11.7. The maximum absolute atomic E-state index is 12.9. The molecule has 2 heterocycles. The van der Waals surface area contributed by atoms with Crippen LogP contribution in [0.15, 0.2) is 53.7 Å². The first-order valence-corrected chi connectivity index (χ1v) is 10.2. The van der Waals surface area contributed by atoms with Gasteiger partial charge in [-0.3, -0.25) is 0 Å². The molecule has 0 spiro atoms. The molecule has 0 radical (unpaired) electrons. The largest absolute Gasteiger partial charge is 0.396 e. The molecular weight excluding hydrogens is 397 g/mol. The van der Waals surface area contributed by atoms with Gasteiger partial charge in [0.25, 0.3) is 0 Å². The van der Waals surface area contributed by atoms with Crippen LogP contribution >= 0.6 is 0 Å². The molecular formula is C23H24FN5O2. The Balaban J connectivity index is 1.52. The summed E-state index contributed by atoms with van der Waals surface area (Å²) in [6.45, 7) is 4.02. The number of hydrogen-bond acceptors (Lipinski definition) is 6. The van der Waals surface area contributed by atoms with E-state index in [1.807, 2.05) is 31.2 Å². The Bertz CT molecular complexity index is 1200. The van der Waals surface area contributed by atoms with Crippen LogP contribution in [0.25, 0.3) is 21.9 Å². The highest BCUT2D eigenvalue weighted by Crippen LogP contribution is 2.29. The lowest BCUT2D eigenvalue weighted by Crippen LogP contribution is -2.08. The molecule has 0 bridgehead atoms. The van der Waals surface area contributed by atoms with Gasteiger partial charge in [-0.25, -0.2) is 14.4 Å². The summed E-state index contributed by atoms with van der Waals surface area (Å²) in [6.07, 6.45) is 2.27. The minimum absolute atomic E-state index is 0.281. The molecule has 0 aliphatic heterocycles. The van der Waals surface area contributed by atoms with Gasteiger partial charge in [0.2, 0.25) is 0 Å². The number of imidazole rings is 1. The predicted molar refractivity (Wildman–Crippen MR) is 119 cm³/mol. The first kappa shape index (κ1) is 20.7. The fourth-order valence-electron chi connectivity index (χ4n) is 3.44. The lowest BCUT2D eigenvalue weighted by Gasteiger charge is -2.10. The Morgan fingerprint density at radius 1 is 1.13 bits per heavy atom. The number of benzene rings is 2. The minimum atomic E-state index is -0.281. The number of pyridine rings is 1. The van der Waals surface area contributed by atoms with E-state index >= 15 is 0 Å². The molecule has 0 saturated carbocycles. The number of aryl methyl sites for hydroxylation is 1. The van der Waals surface area contributed by atoms with E-state index in [1.54, 1.807) is 18.3 Å². The summed E-state index contributed by atoms with van der Waals surface area (Å²) in [4.78, 5) is 14.6. The number of rotatable bonds is 9. The molecule has 31 heavy (non-hydrogen) atoms. The molecule has 0 fully saturated rings. The number of anilines is 1. The molecule has 0 saturated heterocycles. The number of nitrogens with two attached hydrogens (primary N) is 1. The Morgan fingerprint density at radius 2 is 1.94 bits per heavy atom. The van der Waals surface area contributed by atoms with Crippen LogP contribution in [0, 0.1) is 5.82 Å². The molecule has 0 aliphatic carbocycles. The van der Waals surface area contributed by atoms with Crippen molar-refractivity contribution >= 4 is 34.0 Å². The van der Waals surface area contributed by atoms with E-state index in [0.717, 1.165) is 27.8 Å². The van der Waals surface area contributed by atoms with Crippen LogP contribution in [0.1, 0.15) is 24.7 Å². The van der Waals surface area contributed by atoms with Gasteiger partial charge < -0.3 is 19.9 Å². The lowest BCUT2D eigenvalue weighted by molar-refractivity contribution is 0.122. The number of oxime groups is 1. The molecule has 160 valence electrons. The zero-order valence-electron chi connectivity index (χ0n) is 17.3. The quantitative estimate of drug-likeness (QED) is 0.248. The molecule has 0 aliphatic rings. The summed E-state index contributed by atoms with van der Waals surface area (Å²) in [5.41, 5.74) is 9.44. The van der Waals surface area contributed by atoms with Crippen molar-refractivity contribution in [3.05, 3.63) is 65.7 Å². The van der Waals surface area contributed by atoms with Crippen molar-refractivity contribution in [2.24, 2.45) is 5.16 Å². The third kappa shape index (κ3) is 4.64. The molecule has 2 aromatic carbocycles. The molecule has 0 amide bonds. The van der Waals surface area contributed by atoms with Gasteiger partial charge in [-0.05, 0) is 30.7 Å². The number of fused-ring (bicyclic) bond motifs is 3. The highest BCUT2D eigenvalue weighted by molar-refractivity contribution is 6.06. The van der Waals surface area contributed by atoms with Crippen LogP contribution in [0.3, 0.4) is 0 Å². The zero-order chi connectivity index (χ0) is 21.6. The third-order valence-corrected chi connectivity index (χ3v) is 4.89. The van der Waals surface area contributed by atoms with Crippen molar-refractivity contribution in [2.45, 2.75) is 26.5 Å². The van der Waals surface area contributed by atoms with Crippen molar-refractivity contribution in [2.75, 3.05) is 18.9 Å². The van der Waals surface area contributed by atoms with Gasteiger partial charge in [0.1, 0.15) is 30.4 Å². The molecule has 4 aromatic rings. The number of hydrogen-bond donors (Lipinski definition) is 1. The summed E-state index contributed by atoms with van der Waals surface area (Å²) in [5, 5.41) is 4.96. The number of halogens is 1. The van der Waals surface area contributed by atoms with E-state index in [0.29, 0.717) is 44.1 Å². The smallest absolute Gasteiger partial charge is 0.152 e. The average molecular weight is 421 g/mol. The maximum Gasteiger partial charge on any atom is 0.152 e. The fourth-order valence-corrected chi connectivity index (χ4v) is 3.44. The zero-order valence-corrected chi connectivity index (χ0v) is 17.3. The summed E-state index contributed by atoms with van der Waals surface area (Å²) in [5.74, 6) is 0.929. The van der Waals surface area contributed by atoms with Crippen LogP contribution in [-0.2, 0) is 22.7 Å². The van der Waals surface area contributed by atoms with E-state index in [1.165, 1.54) is 12.1 Å². The maximum atomic E-state index is 12.9. The second kappa shape index (κ2) is 9.53. The van der Waals surface area contributed by atoms with Gasteiger partial charge in [-0.15, -0.1) is 0 Å². The van der Waals surface area contributed by atoms with Crippen LogP contribution in [0.2, 0.25) is 0 Å².